The van der Waals surface area contributed by atoms with Crippen molar-refractivity contribution in [3.05, 3.63) is 189 Å². The van der Waals surface area contributed by atoms with Gasteiger partial charge in [0, 0.05) is 34.1 Å². The Hall–Kier alpha value is -6.00. The van der Waals surface area contributed by atoms with Crippen molar-refractivity contribution in [3.63, 3.8) is 0 Å². The van der Waals surface area contributed by atoms with E-state index in [-0.39, 0.29) is 24.7 Å². The average Bonchev–Trinajstić information content (AvgIpc) is 3.93. The first-order valence-electron chi connectivity index (χ1n) is 16.4. The minimum absolute atomic E-state index is 0.0463. The molecule has 0 bridgehead atoms. The summed E-state index contributed by atoms with van der Waals surface area (Å²) in [5, 5.41) is 5.28. The Morgan fingerprint density at radius 3 is 1.19 bits per heavy atom. The van der Waals surface area contributed by atoms with Crippen LogP contribution in [0.25, 0.3) is 33.0 Å². The molecule has 2 heterocycles. The maximum absolute atomic E-state index is 14.8. The van der Waals surface area contributed by atoms with Gasteiger partial charge in [0.15, 0.2) is 0 Å². The van der Waals surface area contributed by atoms with E-state index in [0.717, 1.165) is 76.4 Å². The molecule has 4 aliphatic rings. The molecule has 232 valence electrons. The number of para-hydroxylation sites is 2. The molecule has 0 N–H and O–H groups in total. The molecule has 8 rings (SSSR count). The summed E-state index contributed by atoms with van der Waals surface area (Å²) >= 11 is 0. The van der Waals surface area contributed by atoms with Crippen molar-refractivity contribution < 1.29 is 9.59 Å². The first-order chi connectivity index (χ1) is 23.5. The number of allylic oxidation sites excluding steroid dienone is 20. The molecule has 48 heavy (non-hydrogen) atoms. The molecule has 4 aromatic rings. The Morgan fingerprint density at radius 2 is 0.812 bits per heavy atom. The normalized spacial score (nSPS) is 16.4. The van der Waals surface area contributed by atoms with Crippen molar-refractivity contribution in [1.82, 2.24) is 9.13 Å². The van der Waals surface area contributed by atoms with Crippen molar-refractivity contribution >= 4 is 44.8 Å². The minimum atomic E-state index is -0.0463. The van der Waals surface area contributed by atoms with Crippen LogP contribution in [0.5, 0.6) is 0 Å². The Kier molecular flexibility index (Phi) is 7.34. The van der Waals surface area contributed by atoms with E-state index in [4.69, 9.17) is 0 Å². The summed E-state index contributed by atoms with van der Waals surface area (Å²) in [6.45, 7) is 4.05. The van der Waals surface area contributed by atoms with E-state index >= 15 is 0 Å². The number of benzene rings is 2. The lowest BCUT2D eigenvalue weighted by Gasteiger charge is -2.10. The fourth-order valence-electron chi connectivity index (χ4n) is 7.25. The van der Waals surface area contributed by atoms with Crippen LogP contribution in [0.3, 0.4) is 0 Å². The van der Waals surface area contributed by atoms with Crippen LogP contribution >= 0.6 is 0 Å². The number of carbonyl (C=O) groups excluding carboxylic acids is 2. The largest absolute Gasteiger partial charge is 0.277 e. The molecule has 2 aromatic carbocycles. The number of aromatic nitrogens is 2. The Morgan fingerprint density at radius 1 is 0.479 bits per heavy atom. The second-order valence-corrected chi connectivity index (χ2v) is 12.5. The molecule has 4 heteroatoms. The van der Waals surface area contributed by atoms with Crippen LogP contribution in [0.15, 0.2) is 168 Å². The summed E-state index contributed by atoms with van der Waals surface area (Å²) in [5.41, 5.74) is 7.74. The van der Waals surface area contributed by atoms with E-state index < -0.39 is 0 Å². The minimum Gasteiger partial charge on any atom is -0.277 e. The lowest BCUT2D eigenvalue weighted by molar-refractivity contribution is 0.0901. The third-order valence-electron chi connectivity index (χ3n) is 9.52. The molecule has 0 saturated heterocycles. The Bertz CT molecular complexity index is 2410. The fourth-order valence-corrected chi connectivity index (χ4v) is 7.25. The molecular weight excluding hydrogens is 588 g/mol. The molecule has 0 atom stereocenters. The quantitative estimate of drug-likeness (QED) is 0.230. The molecule has 0 saturated carbocycles. The summed E-state index contributed by atoms with van der Waals surface area (Å²) in [6, 6.07) is 16.2. The molecule has 0 fully saturated rings. The summed E-state index contributed by atoms with van der Waals surface area (Å²) in [6.07, 6.45) is 33.1. The average molecular weight is 623 g/mol. The fraction of sp³-hybridized carbons (Fsp3) is 0.0909. The van der Waals surface area contributed by atoms with Crippen LogP contribution in [0, 0.1) is 10.7 Å². The predicted molar refractivity (Wildman–Crippen MR) is 197 cm³/mol. The third kappa shape index (κ3) is 4.85. The van der Waals surface area contributed by atoms with Gasteiger partial charge in [0.25, 0.3) is 0 Å². The van der Waals surface area contributed by atoms with Gasteiger partial charge in [-0.05, 0) is 48.3 Å². The van der Waals surface area contributed by atoms with Gasteiger partial charge in [0.1, 0.15) is 0 Å². The number of nitrogens with zero attached hydrogens (tertiary/aromatic N) is 2. The zero-order valence-corrected chi connectivity index (χ0v) is 27.0. The van der Waals surface area contributed by atoms with Gasteiger partial charge in [-0.1, -0.05) is 145 Å². The Labute approximate surface area is 278 Å². The maximum Gasteiger partial charge on any atom is 0.235 e. The number of fused-ring (bicyclic) bond motifs is 2. The lowest BCUT2D eigenvalue weighted by atomic mass is 10.1. The summed E-state index contributed by atoms with van der Waals surface area (Å²) in [7, 11) is 0. The van der Waals surface area contributed by atoms with Crippen LogP contribution in [0.4, 0.5) is 0 Å². The van der Waals surface area contributed by atoms with Gasteiger partial charge >= 0.3 is 0 Å². The van der Waals surface area contributed by atoms with E-state index in [2.05, 4.69) is 36.4 Å². The highest BCUT2D eigenvalue weighted by molar-refractivity contribution is 5.99. The van der Waals surface area contributed by atoms with Gasteiger partial charge in [-0.15, -0.1) is 0 Å². The molecule has 0 radical (unpaired) electrons. The van der Waals surface area contributed by atoms with Gasteiger partial charge in [-0.25, -0.2) is 0 Å². The lowest BCUT2D eigenvalue weighted by Crippen LogP contribution is -2.22. The van der Waals surface area contributed by atoms with Gasteiger partial charge in [-0.2, -0.15) is 0 Å². The van der Waals surface area contributed by atoms with Crippen LogP contribution < -0.4 is 10.4 Å². The predicted octanol–water partition coefficient (Wildman–Crippen LogP) is 8.38. The van der Waals surface area contributed by atoms with E-state index in [1.54, 1.807) is 0 Å². The van der Waals surface area contributed by atoms with Gasteiger partial charge in [0.05, 0.1) is 21.7 Å². The van der Waals surface area contributed by atoms with E-state index in [9.17, 15) is 9.59 Å². The molecule has 4 aliphatic carbocycles. The second kappa shape index (κ2) is 12.0. The standard InChI is InChI=1S/C44H34N2O2/c1-29(31-15-3-4-16-31)27-39(47)45-37-25-13-11-23-35(37)41(33-19-7-8-20-33)43(45)44-42(34-21-9-10-22-34)36-24-12-14-26-38(36)46(44)40(48)28-30(2)32-17-5-6-18-32/h3-26H,27-28H2,1-2H3/b44-43+. The van der Waals surface area contributed by atoms with Crippen molar-refractivity contribution in [2.24, 2.45) is 0 Å². The summed E-state index contributed by atoms with van der Waals surface area (Å²) in [5.74, 6) is -0.0927. The molecule has 0 aliphatic heterocycles. The third-order valence-corrected chi connectivity index (χ3v) is 9.52. The first kappa shape index (κ1) is 29.4. The van der Waals surface area contributed by atoms with Crippen molar-refractivity contribution in [1.29, 1.82) is 0 Å². The van der Waals surface area contributed by atoms with Crippen molar-refractivity contribution in [2.45, 2.75) is 26.7 Å². The summed E-state index contributed by atoms with van der Waals surface area (Å²) in [4.78, 5) is 29.6. The summed E-state index contributed by atoms with van der Waals surface area (Å²) < 4.78 is 3.75. The number of rotatable bonds is 4. The topological polar surface area (TPSA) is 44.0 Å². The van der Waals surface area contributed by atoms with E-state index in [1.807, 2.05) is 132 Å². The first-order valence-corrected chi connectivity index (χ1v) is 16.4. The molecular formula is C44H34N2O2. The van der Waals surface area contributed by atoms with Crippen molar-refractivity contribution in [2.75, 3.05) is 0 Å². The molecule has 4 nitrogen and oxygen atoms in total. The van der Waals surface area contributed by atoms with Gasteiger partial charge in [0.2, 0.25) is 11.8 Å². The highest BCUT2D eigenvalue weighted by atomic mass is 16.2. The van der Waals surface area contributed by atoms with Crippen LogP contribution in [-0.2, 0) is 0 Å². The SMILES string of the molecule is CC(CC(=O)n1/c(=c2\c(=C3C=CC=C3)c3ccccc3n2C(=O)CC(C)=C2C=CC=C2)c(=C2C=CC=C2)c2ccccc21)=C1C=CC=C1. The zero-order valence-electron chi connectivity index (χ0n) is 27.0. The van der Waals surface area contributed by atoms with E-state index in [1.165, 1.54) is 0 Å². The Balaban J connectivity index is 1.62. The highest BCUT2D eigenvalue weighted by Crippen LogP contribution is 2.25. The number of hydrogen-bond donors (Lipinski definition) is 0. The van der Waals surface area contributed by atoms with E-state index in [0.29, 0.717) is 0 Å². The molecule has 0 amide bonds. The highest BCUT2D eigenvalue weighted by Gasteiger charge is 2.23. The molecule has 0 spiro atoms. The van der Waals surface area contributed by atoms with Crippen LogP contribution in [-0.4, -0.2) is 20.9 Å². The monoisotopic (exact) mass is 622 g/mol. The second-order valence-electron chi connectivity index (χ2n) is 12.5. The zero-order chi connectivity index (χ0) is 32.8. The van der Waals surface area contributed by atoms with Crippen LogP contribution in [0.2, 0.25) is 0 Å². The van der Waals surface area contributed by atoms with Crippen LogP contribution in [0.1, 0.15) is 36.3 Å². The van der Waals surface area contributed by atoms with Gasteiger partial charge < -0.3 is 0 Å². The molecule has 2 aromatic heterocycles. The number of carbonyl (C=O) groups is 2. The van der Waals surface area contributed by atoms with Crippen molar-refractivity contribution in [3.8, 4) is 0 Å². The van der Waals surface area contributed by atoms with Gasteiger partial charge in [-0.3, -0.25) is 18.7 Å². The smallest absolute Gasteiger partial charge is 0.235 e. The maximum atomic E-state index is 14.8. The number of hydrogen-bond acceptors (Lipinski definition) is 2. The molecule has 0 unspecified atom stereocenters.